The Morgan fingerprint density at radius 1 is 1.32 bits per heavy atom. The van der Waals surface area contributed by atoms with Crippen molar-refractivity contribution >= 4 is 17.6 Å². The minimum Gasteiger partial charge on any atom is -0.383 e. The van der Waals surface area contributed by atoms with Crippen LogP contribution in [-0.2, 0) is 21.4 Å². The van der Waals surface area contributed by atoms with Crippen LogP contribution in [0.3, 0.4) is 0 Å². The lowest BCUT2D eigenvalue weighted by Crippen LogP contribution is -2.48. The highest BCUT2D eigenvalue weighted by atomic mass is 19.1. The number of ether oxygens (including phenoxy) is 1. The number of carbonyl (C=O) groups is 2. The summed E-state index contributed by atoms with van der Waals surface area (Å²) in [6.07, 6.45) is 1.92. The topological polar surface area (TPSA) is 75.6 Å². The number of benzene rings is 1. The first-order valence-corrected chi connectivity index (χ1v) is 10.5. The van der Waals surface area contributed by atoms with Crippen molar-refractivity contribution < 1.29 is 18.7 Å². The standard InChI is InChI=1S/C23H27FN4O3/c1-15-18-13-19(29)28(10-11-31-3)20(18)26-22(25-15)23(2)8-5-9-27(14-23)21(30)16-6-4-7-17(24)12-16/h4,6-7,12H,5,8-11,13-14H2,1-3H3. The van der Waals surface area contributed by atoms with Gasteiger partial charge in [-0.25, -0.2) is 14.4 Å². The van der Waals surface area contributed by atoms with Gasteiger partial charge in [0.1, 0.15) is 17.5 Å². The molecule has 1 fully saturated rings. The highest BCUT2D eigenvalue weighted by Crippen LogP contribution is 2.36. The molecule has 1 aromatic heterocycles. The molecule has 2 aliphatic heterocycles. The second-order valence-corrected chi connectivity index (χ2v) is 8.55. The lowest BCUT2D eigenvalue weighted by molar-refractivity contribution is -0.117. The second kappa shape index (κ2) is 8.34. The lowest BCUT2D eigenvalue weighted by atomic mass is 9.80. The van der Waals surface area contributed by atoms with E-state index in [0.29, 0.717) is 49.9 Å². The van der Waals surface area contributed by atoms with Crippen molar-refractivity contribution in [1.29, 1.82) is 0 Å². The van der Waals surface area contributed by atoms with Gasteiger partial charge in [0.15, 0.2) is 0 Å². The summed E-state index contributed by atoms with van der Waals surface area (Å²) >= 11 is 0. The Balaban J connectivity index is 1.63. The molecule has 164 valence electrons. The van der Waals surface area contributed by atoms with Crippen LogP contribution in [0, 0.1) is 12.7 Å². The first kappa shape index (κ1) is 21.4. The molecule has 1 aromatic carbocycles. The average Bonchev–Trinajstić information content (AvgIpc) is 3.07. The van der Waals surface area contributed by atoms with E-state index in [1.54, 1.807) is 29.0 Å². The quantitative estimate of drug-likeness (QED) is 0.735. The van der Waals surface area contributed by atoms with E-state index in [0.717, 1.165) is 24.1 Å². The highest BCUT2D eigenvalue weighted by molar-refractivity contribution is 6.00. The summed E-state index contributed by atoms with van der Waals surface area (Å²) in [6, 6.07) is 5.77. The fourth-order valence-electron chi connectivity index (χ4n) is 4.46. The highest BCUT2D eigenvalue weighted by Gasteiger charge is 2.40. The van der Waals surface area contributed by atoms with Crippen LogP contribution in [-0.4, -0.2) is 60.0 Å². The third-order valence-electron chi connectivity index (χ3n) is 6.19. The normalized spacial score (nSPS) is 20.8. The summed E-state index contributed by atoms with van der Waals surface area (Å²) in [7, 11) is 1.60. The van der Waals surface area contributed by atoms with Crippen LogP contribution >= 0.6 is 0 Å². The summed E-state index contributed by atoms with van der Waals surface area (Å²) in [5, 5.41) is 0. The maximum atomic E-state index is 13.6. The monoisotopic (exact) mass is 426 g/mol. The molecule has 1 unspecified atom stereocenters. The Kier molecular flexibility index (Phi) is 5.75. The summed E-state index contributed by atoms with van der Waals surface area (Å²) in [4.78, 5) is 38.5. The maximum Gasteiger partial charge on any atom is 0.253 e. The number of nitrogens with zero attached hydrogens (tertiary/aromatic N) is 4. The van der Waals surface area contributed by atoms with Gasteiger partial charge in [-0.15, -0.1) is 0 Å². The van der Waals surface area contributed by atoms with Crippen LogP contribution in [0.5, 0.6) is 0 Å². The number of rotatable bonds is 5. The summed E-state index contributed by atoms with van der Waals surface area (Å²) < 4.78 is 18.8. The molecule has 0 saturated carbocycles. The molecule has 1 atom stereocenters. The zero-order chi connectivity index (χ0) is 22.2. The molecule has 0 radical (unpaired) electrons. The molecule has 2 aromatic rings. The minimum absolute atomic E-state index is 0.00157. The molecule has 2 amide bonds. The van der Waals surface area contributed by atoms with E-state index in [1.165, 1.54) is 12.1 Å². The average molecular weight is 426 g/mol. The van der Waals surface area contributed by atoms with Gasteiger partial charge < -0.3 is 9.64 Å². The van der Waals surface area contributed by atoms with Gasteiger partial charge in [0, 0.05) is 42.4 Å². The first-order chi connectivity index (χ1) is 14.8. The molecule has 4 rings (SSSR count). The number of piperidine rings is 1. The molecule has 7 nitrogen and oxygen atoms in total. The summed E-state index contributed by atoms with van der Waals surface area (Å²) in [5.74, 6) is 0.666. The summed E-state index contributed by atoms with van der Waals surface area (Å²) in [6.45, 7) is 5.87. The van der Waals surface area contributed by atoms with Crippen molar-refractivity contribution in [3.8, 4) is 0 Å². The van der Waals surface area contributed by atoms with Gasteiger partial charge in [-0.3, -0.25) is 14.5 Å². The van der Waals surface area contributed by atoms with E-state index < -0.39 is 11.2 Å². The Labute approximate surface area is 181 Å². The van der Waals surface area contributed by atoms with Gasteiger partial charge in [0.05, 0.1) is 19.6 Å². The number of amides is 2. The Morgan fingerprint density at radius 2 is 2.13 bits per heavy atom. The van der Waals surface area contributed by atoms with Crippen molar-refractivity contribution in [2.45, 2.75) is 38.5 Å². The number of aryl methyl sites for hydroxylation is 1. The second-order valence-electron chi connectivity index (χ2n) is 8.55. The third kappa shape index (κ3) is 4.04. The fourth-order valence-corrected chi connectivity index (χ4v) is 4.46. The Bertz CT molecular complexity index is 1030. The van der Waals surface area contributed by atoms with Crippen LogP contribution in [0.15, 0.2) is 24.3 Å². The van der Waals surface area contributed by atoms with E-state index in [4.69, 9.17) is 14.7 Å². The van der Waals surface area contributed by atoms with Gasteiger partial charge >= 0.3 is 0 Å². The molecule has 0 N–H and O–H groups in total. The molecule has 1 saturated heterocycles. The first-order valence-electron chi connectivity index (χ1n) is 10.5. The molecule has 8 heteroatoms. The van der Waals surface area contributed by atoms with Crippen LogP contribution < -0.4 is 4.90 Å². The van der Waals surface area contributed by atoms with Crippen molar-refractivity contribution in [3.05, 3.63) is 52.7 Å². The van der Waals surface area contributed by atoms with Gasteiger partial charge in [0.2, 0.25) is 5.91 Å². The molecular weight excluding hydrogens is 399 g/mol. The molecule has 0 bridgehead atoms. The van der Waals surface area contributed by atoms with Crippen LogP contribution in [0.4, 0.5) is 10.2 Å². The smallest absolute Gasteiger partial charge is 0.253 e. The van der Waals surface area contributed by atoms with Crippen LogP contribution in [0.2, 0.25) is 0 Å². The number of fused-ring (bicyclic) bond motifs is 1. The van der Waals surface area contributed by atoms with Gasteiger partial charge in [-0.2, -0.15) is 0 Å². The predicted molar refractivity (Wildman–Crippen MR) is 114 cm³/mol. The SMILES string of the molecule is COCCN1C(=O)Cc2c(C)nc(C3(C)CCCN(C(=O)c4cccc(F)c4)C3)nc21. The van der Waals surface area contributed by atoms with E-state index >= 15 is 0 Å². The van der Waals surface area contributed by atoms with Gasteiger partial charge in [-0.1, -0.05) is 13.0 Å². The van der Waals surface area contributed by atoms with E-state index in [1.807, 2.05) is 6.92 Å². The number of carbonyl (C=O) groups excluding carboxylic acids is 2. The molecule has 31 heavy (non-hydrogen) atoms. The zero-order valence-electron chi connectivity index (χ0n) is 18.2. The van der Waals surface area contributed by atoms with Crippen molar-refractivity contribution in [3.63, 3.8) is 0 Å². The van der Waals surface area contributed by atoms with Crippen molar-refractivity contribution in [2.24, 2.45) is 0 Å². The minimum atomic E-state index is -0.459. The number of anilines is 1. The van der Waals surface area contributed by atoms with Crippen molar-refractivity contribution in [2.75, 3.05) is 38.3 Å². The molecule has 2 aliphatic rings. The van der Waals surface area contributed by atoms with E-state index in [2.05, 4.69) is 6.92 Å². The van der Waals surface area contributed by atoms with Crippen molar-refractivity contribution in [1.82, 2.24) is 14.9 Å². The zero-order valence-corrected chi connectivity index (χ0v) is 18.2. The number of hydrogen-bond acceptors (Lipinski definition) is 5. The number of halogens is 1. The third-order valence-corrected chi connectivity index (χ3v) is 6.19. The number of methoxy groups -OCH3 is 1. The van der Waals surface area contributed by atoms with E-state index in [9.17, 15) is 14.0 Å². The molecule has 0 spiro atoms. The number of hydrogen-bond donors (Lipinski definition) is 0. The van der Waals surface area contributed by atoms with Gasteiger partial charge in [-0.05, 0) is 38.0 Å². The van der Waals surface area contributed by atoms with Gasteiger partial charge in [0.25, 0.3) is 5.91 Å². The number of likely N-dealkylation sites (tertiary alicyclic amines) is 1. The fraction of sp³-hybridized carbons (Fsp3) is 0.478. The molecule has 0 aliphatic carbocycles. The Morgan fingerprint density at radius 3 is 2.87 bits per heavy atom. The predicted octanol–water partition coefficient (Wildman–Crippen LogP) is 2.65. The largest absolute Gasteiger partial charge is 0.383 e. The summed E-state index contributed by atoms with van der Waals surface area (Å²) in [5.41, 5.74) is 1.53. The van der Waals surface area contributed by atoms with E-state index in [-0.39, 0.29) is 11.8 Å². The Hall–Kier alpha value is -2.87. The number of aromatic nitrogens is 2. The van der Waals surface area contributed by atoms with Crippen LogP contribution in [0.25, 0.3) is 0 Å². The molecular formula is C23H27FN4O3. The van der Waals surface area contributed by atoms with Crippen LogP contribution in [0.1, 0.15) is 47.2 Å². The lowest BCUT2D eigenvalue weighted by Gasteiger charge is -2.39. The molecule has 3 heterocycles. The maximum absolute atomic E-state index is 13.6.